The number of hydrogen-bond acceptors (Lipinski definition) is 4. The Kier molecular flexibility index (Phi) is 13.8. The van der Waals surface area contributed by atoms with Crippen LogP contribution in [0.4, 0.5) is 34.1 Å². The third-order valence-corrected chi connectivity index (χ3v) is 11.7. The third kappa shape index (κ3) is 10.4. The average Bonchev–Trinajstić information content (AvgIpc) is 3.31. The molecule has 4 heteroatoms. The predicted molar refractivity (Wildman–Crippen MR) is 273 cm³/mol. The molecule has 2 atom stereocenters. The molecule has 0 saturated heterocycles. The maximum atomic E-state index is 5.97. The normalized spacial score (nSPS) is 14.7. The fourth-order valence-corrected chi connectivity index (χ4v) is 8.44. The summed E-state index contributed by atoms with van der Waals surface area (Å²) in [6.45, 7) is 14.1. The zero-order valence-corrected chi connectivity index (χ0v) is 37.9. The van der Waals surface area contributed by atoms with Crippen molar-refractivity contribution in [1.29, 1.82) is 0 Å². The lowest BCUT2D eigenvalue weighted by molar-refractivity contribution is 0.0789. The Balaban J connectivity index is 1.04. The van der Waals surface area contributed by atoms with Crippen molar-refractivity contribution in [3.63, 3.8) is 0 Å². The van der Waals surface area contributed by atoms with E-state index in [1.807, 2.05) is 26.0 Å². The maximum Gasteiger partial charge on any atom is 0.119 e. The topological polar surface area (TPSA) is 24.9 Å². The van der Waals surface area contributed by atoms with Crippen molar-refractivity contribution >= 4 is 52.4 Å². The van der Waals surface area contributed by atoms with Crippen LogP contribution in [-0.4, -0.2) is 19.3 Å². The summed E-state index contributed by atoms with van der Waals surface area (Å²) in [6.07, 6.45) is 17.3. The van der Waals surface area contributed by atoms with E-state index in [2.05, 4.69) is 232 Å². The van der Waals surface area contributed by atoms with Crippen LogP contribution in [0.2, 0.25) is 0 Å². The highest BCUT2D eigenvalue weighted by Gasteiger charge is 2.19. The van der Waals surface area contributed by atoms with Gasteiger partial charge in [-0.3, -0.25) is 0 Å². The van der Waals surface area contributed by atoms with E-state index in [9.17, 15) is 0 Å². The minimum absolute atomic E-state index is 0.0672. The molecule has 0 spiro atoms. The molecule has 0 N–H and O–H groups in total. The van der Waals surface area contributed by atoms with Gasteiger partial charge in [-0.25, -0.2) is 0 Å². The van der Waals surface area contributed by atoms with Crippen molar-refractivity contribution in [3.05, 3.63) is 227 Å². The lowest BCUT2D eigenvalue weighted by Gasteiger charge is -2.28. The van der Waals surface area contributed by atoms with Gasteiger partial charge in [-0.2, -0.15) is 0 Å². The number of anilines is 6. The van der Waals surface area contributed by atoms with Crippen molar-refractivity contribution in [3.8, 4) is 16.9 Å². The smallest absolute Gasteiger partial charge is 0.119 e. The van der Waals surface area contributed by atoms with Crippen LogP contribution in [0.5, 0.6) is 5.75 Å². The molecule has 0 aromatic heterocycles. The molecule has 0 radical (unpaired) electrons. The molecule has 7 aromatic rings. The van der Waals surface area contributed by atoms with Crippen LogP contribution >= 0.6 is 0 Å². The van der Waals surface area contributed by atoms with Crippen LogP contribution in [0, 0.1) is 33.6 Å². The van der Waals surface area contributed by atoms with Gasteiger partial charge in [0.25, 0.3) is 0 Å². The number of hydrogen-bond donors (Lipinski definition) is 0. The molecule has 64 heavy (non-hydrogen) atoms. The van der Waals surface area contributed by atoms with E-state index < -0.39 is 0 Å². The Morgan fingerprint density at radius 3 is 1.31 bits per heavy atom. The average molecular weight is 839 g/mol. The standard InChI is InChI=1S/C60H58N2O2/c1-7-63-57-37-22-48(23-38-57)16-15-47-18-29-53(30-19-47)61(58-39-13-43(3)41-45(58)5)55-33-25-50(26-34-55)51-27-35-56(36-28-51)62(59-40-14-44(4)42-46(59)6)54-31-20-49(21-32-54)17-24-52-11-9-10-12-60(52)64-8-2/h9-42,52,60H,7-8H2,1-6H3/b16-15+,24-17+/t52-,60?/m1/s1. The highest BCUT2D eigenvalue weighted by molar-refractivity contribution is 5.83. The van der Waals surface area contributed by atoms with Gasteiger partial charge in [-0.05, 0) is 153 Å². The second kappa shape index (κ2) is 20.4. The molecule has 0 saturated carbocycles. The first-order chi connectivity index (χ1) is 31.3. The molecular weight excluding hydrogens is 781 g/mol. The zero-order valence-electron chi connectivity index (χ0n) is 37.9. The van der Waals surface area contributed by atoms with E-state index in [-0.39, 0.29) is 12.0 Å². The summed E-state index contributed by atoms with van der Waals surface area (Å²) < 4.78 is 11.6. The van der Waals surface area contributed by atoms with Crippen LogP contribution in [0.1, 0.15) is 52.8 Å². The monoisotopic (exact) mass is 838 g/mol. The molecule has 1 aliphatic rings. The summed E-state index contributed by atoms with van der Waals surface area (Å²) in [5, 5.41) is 0. The number of benzene rings is 7. The molecular formula is C60H58N2O2. The van der Waals surface area contributed by atoms with Crippen LogP contribution in [0.25, 0.3) is 29.4 Å². The van der Waals surface area contributed by atoms with Crippen LogP contribution in [-0.2, 0) is 4.74 Å². The summed E-state index contributed by atoms with van der Waals surface area (Å²) >= 11 is 0. The number of allylic oxidation sites excluding steroid dienone is 2. The Labute approximate surface area is 380 Å². The van der Waals surface area contributed by atoms with Gasteiger partial charge < -0.3 is 19.3 Å². The van der Waals surface area contributed by atoms with E-state index in [0.717, 1.165) is 67.7 Å². The van der Waals surface area contributed by atoms with Gasteiger partial charge in [-0.1, -0.05) is 145 Å². The van der Waals surface area contributed by atoms with E-state index >= 15 is 0 Å². The summed E-state index contributed by atoms with van der Waals surface area (Å²) in [7, 11) is 0. The fraction of sp³-hybridized carbons (Fsp3) is 0.167. The lowest BCUT2D eigenvalue weighted by Crippen LogP contribution is -2.20. The predicted octanol–water partition coefficient (Wildman–Crippen LogP) is 16.3. The molecule has 7 aromatic carbocycles. The summed E-state index contributed by atoms with van der Waals surface area (Å²) in [5.41, 5.74) is 17.4. The van der Waals surface area contributed by atoms with Gasteiger partial charge in [-0.15, -0.1) is 0 Å². The minimum Gasteiger partial charge on any atom is -0.494 e. The summed E-state index contributed by atoms with van der Waals surface area (Å²) in [6, 6.07) is 57.1. The summed E-state index contributed by atoms with van der Waals surface area (Å²) in [4.78, 5) is 4.71. The van der Waals surface area contributed by atoms with Gasteiger partial charge in [0.15, 0.2) is 0 Å². The van der Waals surface area contributed by atoms with Gasteiger partial charge in [0.05, 0.1) is 12.7 Å². The van der Waals surface area contributed by atoms with Gasteiger partial charge in [0.1, 0.15) is 5.75 Å². The maximum absolute atomic E-state index is 5.97. The molecule has 0 amide bonds. The first-order valence-corrected chi connectivity index (χ1v) is 22.5. The van der Waals surface area contributed by atoms with Crippen LogP contribution in [0.15, 0.2) is 188 Å². The second-order valence-electron chi connectivity index (χ2n) is 16.5. The molecule has 4 nitrogen and oxygen atoms in total. The number of rotatable bonds is 15. The molecule has 1 aliphatic carbocycles. The molecule has 320 valence electrons. The Morgan fingerprint density at radius 2 is 0.875 bits per heavy atom. The largest absolute Gasteiger partial charge is 0.494 e. The van der Waals surface area contributed by atoms with Crippen molar-refractivity contribution in [2.45, 2.75) is 47.6 Å². The Morgan fingerprint density at radius 1 is 0.453 bits per heavy atom. The molecule has 1 unspecified atom stereocenters. The molecule has 0 aliphatic heterocycles. The third-order valence-electron chi connectivity index (χ3n) is 11.7. The molecule has 0 bridgehead atoms. The van der Waals surface area contributed by atoms with E-state index in [1.165, 1.54) is 22.3 Å². The lowest BCUT2D eigenvalue weighted by atomic mass is 9.96. The van der Waals surface area contributed by atoms with E-state index in [1.54, 1.807) is 0 Å². The first kappa shape index (κ1) is 43.5. The van der Waals surface area contributed by atoms with Crippen molar-refractivity contribution in [1.82, 2.24) is 0 Å². The molecule has 0 fully saturated rings. The highest BCUT2D eigenvalue weighted by atomic mass is 16.5. The van der Waals surface area contributed by atoms with Crippen LogP contribution in [0.3, 0.4) is 0 Å². The minimum atomic E-state index is 0.0672. The highest BCUT2D eigenvalue weighted by Crippen LogP contribution is 2.40. The fourth-order valence-electron chi connectivity index (χ4n) is 8.44. The number of aryl methyl sites for hydroxylation is 4. The number of nitrogens with zero attached hydrogens (tertiary/aromatic N) is 2. The molecule has 8 rings (SSSR count). The van der Waals surface area contributed by atoms with Gasteiger partial charge in [0, 0.05) is 46.6 Å². The molecule has 0 heterocycles. The summed E-state index contributed by atoms with van der Waals surface area (Å²) in [5.74, 6) is 1.10. The Bertz CT molecular complexity index is 2760. The van der Waals surface area contributed by atoms with Gasteiger partial charge in [0.2, 0.25) is 0 Å². The van der Waals surface area contributed by atoms with Gasteiger partial charge >= 0.3 is 0 Å². The van der Waals surface area contributed by atoms with E-state index in [0.29, 0.717) is 13.2 Å². The first-order valence-electron chi connectivity index (χ1n) is 22.5. The zero-order chi connectivity index (χ0) is 44.4. The quantitative estimate of drug-likeness (QED) is 0.0961. The van der Waals surface area contributed by atoms with Crippen molar-refractivity contribution in [2.75, 3.05) is 23.0 Å². The number of ether oxygens (including phenoxy) is 2. The van der Waals surface area contributed by atoms with Crippen molar-refractivity contribution in [2.24, 2.45) is 5.92 Å². The van der Waals surface area contributed by atoms with Crippen LogP contribution < -0.4 is 14.5 Å². The van der Waals surface area contributed by atoms with Crippen molar-refractivity contribution < 1.29 is 9.47 Å². The van der Waals surface area contributed by atoms with E-state index in [4.69, 9.17) is 9.47 Å². The second-order valence-corrected chi connectivity index (χ2v) is 16.5. The SMILES string of the molecule is CCOc1ccc(/C=C/c2ccc(N(c3ccc(-c4ccc(N(c5ccc(/C=C/[C@H]6C=CC=CC6OCC)cc5)c5ccc(C)cc5C)cc4)cc3)c3ccc(C)cc3C)cc2)cc1. The Hall–Kier alpha value is -7.14.